The molecule has 0 atom stereocenters. The standard InChI is InChI=1S/C6H15OSi/c1-3-5-8-6-7-4-2/h8H,3-6H2,1-2H3. The van der Waals surface area contributed by atoms with Crippen LogP contribution in [0.3, 0.4) is 0 Å². The van der Waals surface area contributed by atoms with Crippen molar-refractivity contribution in [3.05, 3.63) is 0 Å². The monoisotopic (exact) mass is 131 g/mol. The summed E-state index contributed by atoms with van der Waals surface area (Å²) in [5.74, 6) is 0. The molecule has 0 heterocycles. The molecular formula is C6H15OSi. The van der Waals surface area contributed by atoms with E-state index >= 15 is 0 Å². The number of hydrogen-bond donors (Lipinski definition) is 0. The third-order valence-electron chi connectivity index (χ3n) is 0.933. The van der Waals surface area contributed by atoms with E-state index in [2.05, 4.69) is 6.92 Å². The van der Waals surface area contributed by atoms with Gasteiger partial charge in [-0.1, -0.05) is 19.4 Å². The highest BCUT2D eigenvalue weighted by molar-refractivity contribution is 6.35. The summed E-state index contributed by atoms with van der Waals surface area (Å²) in [5, 5.41) is 0. The van der Waals surface area contributed by atoms with Crippen molar-refractivity contribution in [2.75, 3.05) is 12.8 Å². The van der Waals surface area contributed by atoms with Crippen molar-refractivity contribution < 1.29 is 4.74 Å². The average molecular weight is 131 g/mol. The second kappa shape index (κ2) is 7.18. The summed E-state index contributed by atoms with van der Waals surface area (Å²) in [5.41, 5.74) is 0. The quantitative estimate of drug-likeness (QED) is 0.403. The zero-order valence-corrected chi connectivity index (χ0v) is 6.97. The van der Waals surface area contributed by atoms with Gasteiger partial charge < -0.3 is 4.74 Å². The highest BCUT2D eigenvalue weighted by Gasteiger charge is 1.84. The van der Waals surface area contributed by atoms with Crippen molar-refractivity contribution in [2.24, 2.45) is 0 Å². The number of rotatable bonds is 5. The lowest BCUT2D eigenvalue weighted by Gasteiger charge is -1.95. The van der Waals surface area contributed by atoms with Crippen LogP contribution < -0.4 is 0 Å². The van der Waals surface area contributed by atoms with Gasteiger partial charge in [-0.25, -0.2) is 0 Å². The summed E-state index contributed by atoms with van der Waals surface area (Å²) in [4.78, 5) is 0. The Morgan fingerprint density at radius 3 is 2.62 bits per heavy atom. The normalized spacial score (nSPS) is 9.75. The Labute approximate surface area is 54.3 Å². The van der Waals surface area contributed by atoms with Crippen LogP contribution in [0.5, 0.6) is 0 Å². The van der Waals surface area contributed by atoms with E-state index in [0.717, 1.165) is 12.8 Å². The van der Waals surface area contributed by atoms with Crippen LogP contribution in [-0.2, 0) is 4.74 Å². The first-order valence-corrected chi connectivity index (χ1v) is 4.94. The fourth-order valence-corrected chi connectivity index (χ4v) is 1.47. The molecule has 0 spiro atoms. The maximum Gasteiger partial charge on any atom is 0.0616 e. The minimum Gasteiger partial charge on any atom is -0.386 e. The van der Waals surface area contributed by atoms with Gasteiger partial charge in [0.05, 0.1) is 9.52 Å². The second-order valence-corrected chi connectivity index (χ2v) is 3.22. The van der Waals surface area contributed by atoms with E-state index in [-0.39, 0.29) is 0 Å². The van der Waals surface area contributed by atoms with Gasteiger partial charge in [0, 0.05) is 12.8 Å². The lowest BCUT2D eigenvalue weighted by molar-refractivity contribution is 0.192. The zero-order chi connectivity index (χ0) is 6.24. The third kappa shape index (κ3) is 6.18. The number of ether oxygens (including phenoxy) is 1. The molecule has 0 unspecified atom stereocenters. The Balaban J connectivity index is 2.53. The molecule has 0 saturated heterocycles. The fourth-order valence-electron chi connectivity index (χ4n) is 0.489. The summed E-state index contributed by atoms with van der Waals surface area (Å²) in [6.45, 7) is 5.15. The molecule has 0 rings (SSSR count). The first-order chi connectivity index (χ1) is 3.91. The van der Waals surface area contributed by atoms with Crippen LogP contribution in [0.1, 0.15) is 20.3 Å². The molecule has 0 aliphatic rings. The Morgan fingerprint density at radius 1 is 1.38 bits per heavy atom. The van der Waals surface area contributed by atoms with Gasteiger partial charge in [-0.15, -0.1) is 0 Å². The van der Waals surface area contributed by atoms with Gasteiger partial charge in [0.1, 0.15) is 0 Å². The van der Waals surface area contributed by atoms with Crippen LogP contribution in [0.4, 0.5) is 0 Å². The van der Waals surface area contributed by atoms with E-state index in [1.807, 2.05) is 6.92 Å². The largest absolute Gasteiger partial charge is 0.386 e. The Kier molecular flexibility index (Phi) is 7.34. The molecule has 0 aliphatic carbocycles. The van der Waals surface area contributed by atoms with Crippen molar-refractivity contribution in [1.29, 1.82) is 0 Å². The average Bonchev–Trinajstić information content (AvgIpc) is 1.81. The molecule has 0 fully saturated rings. The van der Waals surface area contributed by atoms with E-state index in [1.54, 1.807) is 0 Å². The molecule has 0 aromatic rings. The second-order valence-electron chi connectivity index (χ2n) is 1.74. The molecule has 0 aliphatic heterocycles. The topological polar surface area (TPSA) is 9.23 Å². The van der Waals surface area contributed by atoms with Crippen LogP contribution >= 0.6 is 0 Å². The molecule has 0 aromatic heterocycles. The Morgan fingerprint density at radius 2 is 2.12 bits per heavy atom. The first-order valence-electron chi connectivity index (χ1n) is 3.31. The summed E-state index contributed by atoms with van der Waals surface area (Å²) < 4.78 is 5.17. The van der Waals surface area contributed by atoms with Crippen molar-refractivity contribution in [3.8, 4) is 0 Å². The van der Waals surface area contributed by atoms with Crippen molar-refractivity contribution >= 4 is 9.52 Å². The van der Waals surface area contributed by atoms with Crippen molar-refractivity contribution in [1.82, 2.24) is 0 Å². The molecule has 0 aromatic carbocycles. The molecule has 0 amide bonds. The molecule has 0 bridgehead atoms. The zero-order valence-electron chi connectivity index (χ0n) is 5.81. The molecule has 8 heavy (non-hydrogen) atoms. The van der Waals surface area contributed by atoms with E-state index in [0.29, 0.717) is 9.52 Å². The lowest BCUT2D eigenvalue weighted by atomic mass is 10.6. The smallest absolute Gasteiger partial charge is 0.0616 e. The van der Waals surface area contributed by atoms with Crippen LogP contribution in [0.2, 0.25) is 6.04 Å². The molecular weight excluding hydrogens is 116 g/mol. The van der Waals surface area contributed by atoms with E-state index < -0.39 is 0 Å². The first kappa shape index (κ1) is 8.18. The minimum absolute atomic E-state index is 0.597. The van der Waals surface area contributed by atoms with Gasteiger partial charge in [0.15, 0.2) is 0 Å². The minimum atomic E-state index is 0.597. The third-order valence-corrected chi connectivity index (χ3v) is 2.39. The van der Waals surface area contributed by atoms with Gasteiger partial charge in [-0.3, -0.25) is 0 Å². The van der Waals surface area contributed by atoms with Gasteiger partial charge in [0.25, 0.3) is 0 Å². The molecule has 2 heteroatoms. The van der Waals surface area contributed by atoms with Gasteiger partial charge >= 0.3 is 0 Å². The summed E-state index contributed by atoms with van der Waals surface area (Å²) in [6, 6.07) is 1.39. The highest BCUT2D eigenvalue weighted by Crippen LogP contribution is 1.84. The van der Waals surface area contributed by atoms with Crippen molar-refractivity contribution in [2.45, 2.75) is 26.3 Å². The predicted molar refractivity (Wildman–Crippen MR) is 38.7 cm³/mol. The van der Waals surface area contributed by atoms with E-state index in [4.69, 9.17) is 4.74 Å². The number of hydrogen-bond acceptors (Lipinski definition) is 1. The van der Waals surface area contributed by atoms with Crippen LogP contribution in [0, 0.1) is 0 Å². The SMILES string of the molecule is CCC[SiH]COCC. The fraction of sp³-hybridized carbons (Fsp3) is 1.00. The van der Waals surface area contributed by atoms with Crippen molar-refractivity contribution in [3.63, 3.8) is 0 Å². The van der Waals surface area contributed by atoms with Gasteiger partial charge in [-0.2, -0.15) is 0 Å². The van der Waals surface area contributed by atoms with Gasteiger partial charge in [0.2, 0.25) is 0 Å². The summed E-state index contributed by atoms with van der Waals surface area (Å²) in [6.07, 6.45) is 2.35. The highest BCUT2D eigenvalue weighted by atomic mass is 28.2. The molecule has 1 radical (unpaired) electrons. The molecule has 49 valence electrons. The van der Waals surface area contributed by atoms with Crippen LogP contribution in [0.25, 0.3) is 0 Å². The molecule has 1 nitrogen and oxygen atoms in total. The predicted octanol–water partition coefficient (Wildman–Crippen LogP) is 1.25. The van der Waals surface area contributed by atoms with E-state index in [1.165, 1.54) is 12.5 Å². The van der Waals surface area contributed by atoms with Crippen LogP contribution in [-0.4, -0.2) is 22.4 Å². The maximum absolute atomic E-state index is 5.17. The van der Waals surface area contributed by atoms with Gasteiger partial charge in [-0.05, 0) is 6.92 Å². The van der Waals surface area contributed by atoms with E-state index in [9.17, 15) is 0 Å². The Hall–Kier alpha value is 0.177. The van der Waals surface area contributed by atoms with Crippen LogP contribution in [0.15, 0.2) is 0 Å². The summed E-state index contributed by atoms with van der Waals surface area (Å²) >= 11 is 0. The Bertz CT molecular complexity index is 33.5. The molecule has 0 N–H and O–H groups in total. The maximum atomic E-state index is 5.17. The summed E-state index contributed by atoms with van der Waals surface area (Å²) in [7, 11) is 0.597. The lowest BCUT2D eigenvalue weighted by Crippen LogP contribution is -2.01. The molecule has 0 saturated carbocycles.